The summed E-state index contributed by atoms with van der Waals surface area (Å²) in [6.07, 6.45) is 8.40. The van der Waals surface area contributed by atoms with Gasteiger partial charge in [-0.25, -0.2) is 0 Å². The summed E-state index contributed by atoms with van der Waals surface area (Å²) >= 11 is 0. The van der Waals surface area contributed by atoms with Crippen LogP contribution in [0.15, 0.2) is 54.6 Å². The quantitative estimate of drug-likeness (QED) is 0.393. The molecule has 28 heavy (non-hydrogen) atoms. The molecule has 154 valence electrons. The van der Waals surface area contributed by atoms with Gasteiger partial charge >= 0.3 is 0 Å². The van der Waals surface area contributed by atoms with E-state index in [1.807, 2.05) is 13.0 Å². The summed E-state index contributed by atoms with van der Waals surface area (Å²) in [4.78, 5) is 2.55. The molecular formula is C26H39NO. The molecule has 0 spiro atoms. The van der Waals surface area contributed by atoms with Gasteiger partial charge in [0.2, 0.25) is 0 Å². The first-order valence-electron chi connectivity index (χ1n) is 11.2. The second-order valence-corrected chi connectivity index (χ2v) is 8.22. The Balaban J connectivity index is 1.95. The fraction of sp³-hybridized carbons (Fsp3) is 0.538. The highest BCUT2D eigenvalue weighted by Gasteiger charge is 2.23. The molecule has 2 nitrogen and oxygen atoms in total. The van der Waals surface area contributed by atoms with Gasteiger partial charge in [0.15, 0.2) is 0 Å². The fourth-order valence-electron chi connectivity index (χ4n) is 3.68. The van der Waals surface area contributed by atoms with Crippen LogP contribution in [0.5, 0.6) is 0 Å². The molecule has 0 amide bonds. The second kappa shape index (κ2) is 12.0. The van der Waals surface area contributed by atoms with E-state index in [4.69, 9.17) is 0 Å². The summed E-state index contributed by atoms with van der Waals surface area (Å²) in [5.74, 6) is 0. The van der Waals surface area contributed by atoms with E-state index in [-0.39, 0.29) is 0 Å². The van der Waals surface area contributed by atoms with E-state index in [1.165, 1.54) is 49.7 Å². The van der Waals surface area contributed by atoms with Crippen LogP contribution in [-0.4, -0.2) is 29.6 Å². The van der Waals surface area contributed by atoms with Crippen LogP contribution in [0.2, 0.25) is 0 Å². The number of aliphatic hydroxyl groups is 1. The van der Waals surface area contributed by atoms with Crippen molar-refractivity contribution < 1.29 is 5.11 Å². The zero-order valence-corrected chi connectivity index (χ0v) is 18.2. The molecule has 1 unspecified atom stereocenters. The minimum absolute atomic E-state index is 0.774. The topological polar surface area (TPSA) is 23.5 Å². The summed E-state index contributed by atoms with van der Waals surface area (Å²) in [7, 11) is 0. The van der Waals surface area contributed by atoms with Gasteiger partial charge in [0.05, 0.1) is 5.60 Å². The number of hydrogen-bond donors (Lipinski definition) is 1. The Kier molecular flexibility index (Phi) is 9.73. The van der Waals surface area contributed by atoms with Gasteiger partial charge in [0.1, 0.15) is 0 Å². The van der Waals surface area contributed by atoms with Crippen molar-refractivity contribution in [2.24, 2.45) is 0 Å². The van der Waals surface area contributed by atoms with Crippen LogP contribution in [0.1, 0.15) is 71.3 Å². The zero-order chi connectivity index (χ0) is 20.2. The lowest BCUT2D eigenvalue weighted by Gasteiger charge is -2.29. The summed E-state index contributed by atoms with van der Waals surface area (Å²) < 4.78 is 0. The van der Waals surface area contributed by atoms with Crippen molar-refractivity contribution in [2.45, 2.75) is 71.3 Å². The molecule has 0 heterocycles. The highest BCUT2D eigenvalue weighted by Crippen LogP contribution is 2.28. The Morgan fingerprint density at radius 3 is 1.79 bits per heavy atom. The average molecular weight is 382 g/mol. The van der Waals surface area contributed by atoms with E-state index in [2.05, 4.69) is 67.3 Å². The number of benzene rings is 2. The highest BCUT2D eigenvalue weighted by molar-refractivity contribution is 5.63. The Morgan fingerprint density at radius 2 is 1.25 bits per heavy atom. The molecular weight excluding hydrogens is 342 g/mol. The van der Waals surface area contributed by atoms with Crippen molar-refractivity contribution in [2.75, 3.05) is 19.6 Å². The average Bonchev–Trinajstić information content (AvgIpc) is 2.72. The summed E-state index contributed by atoms with van der Waals surface area (Å²) in [5.41, 5.74) is 2.63. The maximum Gasteiger partial charge on any atom is 0.0880 e. The SMILES string of the molecule is CCCCCN(CCCCC)CCC(C)(O)c1ccc(-c2ccccc2)cc1. The second-order valence-electron chi connectivity index (χ2n) is 8.22. The van der Waals surface area contributed by atoms with E-state index in [1.54, 1.807) is 0 Å². The van der Waals surface area contributed by atoms with Crippen LogP contribution in [0.4, 0.5) is 0 Å². The van der Waals surface area contributed by atoms with Crippen LogP contribution in [0.25, 0.3) is 11.1 Å². The van der Waals surface area contributed by atoms with E-state index >= 15 is 0 Å². The van der Waals surface area contributed by atoms with Crippen molar-refractivity contribution in [3.63, 3.8) is 0 Å². The van der Waals surface area contributed by atoms with Gasteiger partial charge < -0.3 is 10.0 Å². The largest absolute Gasteiger partial charge is 0.385 e. The number of rotatable bonds is 13. The Hall–Kier alpha value is -1.64. The third-order valence-electron chi connectivity index (χ3n) is 5.68. The van der Waals surface area contributed by atoms with Crippen LogP contribution >= 0.6 is 0 Å². The minimum atomic E-state index is -0.789. The smallest absolute Gasteiger partial charge is 0.0880 e. The molecule has 0 saturated carbocycles. The highest BCUT2D eigenvalue weighted by atomic mass is 16.3. The number of hydrogen-bond acceptors (Lipinski definition) is 2. The molecule has 1 N–H and O–H groups in total. The van der Waals surface area contributed by atoms with Gasteiger partial charge in [-0.05, 0) is 56.0 Å². The van der Waals surface area contributed by atoms with Crippen LogP contribution in [0, 0.1) is 0 Å². The Morgan fingerprint density at radius 1 is 0.714 bits per heavy atom. The molecule has 0 fully saturated rings. The van der Waals surface area contributed by atoms with Crippen molar-refractivity contribution in [1.82, 2.24) is 4.90 Å². The zero-order valence-electron chi connectivity index (χ0n) is 18.2. The molecule has 1 atom stereocenters. The van der Waals surface area contributed by atoms with Crippen LogP contribution in [0.3, 0.4) is 0 Å². The molecule has 2 heteroatoms. The molecule has 0 aliphatic rings. The van der Waals surface area contributed by atoms with Crippen molar-refractivity contribution >= 4 is 0 Å². The van der Waals surface area contributed by atoms with Crippen LogP contribution in [-0.2, 0) is 5.60 Å². The fourth-order valence-corrected chi connectivity index (χ4v) is 3.68. The Labute approximate surface area is 172 Å². The predicted molar refractivity (Wildman–Crippen MR) is 122 cm³/mol. The third-order valence-corrected chi connectivity index (χ3v) is 5.68. The van der Waals surface area contributed by atoms with Crippen molar-refractivity contribution in [1.29, 1.82) is 0 Å². The van der Waals surface area contributed by atoms with Gasteiger partial charge in [-0.1, -0.05) is 94.1 Å². The maximum atomic E-state index is 11.1. The van der Waals surface area contributed by atoms with Gasteiger partial charge in [-0.15, -0.1) is 0 Å². The van der Waals surface area contributed by atoms with E-state index in [0.29, 0.717) is 0 Å². The summed E-state index contributed by atoms with van der Waals surface area (Å²) in [5, 5.41) is 11.1. The molecule has 2 aromatic carbocycles. The third kappa shape index (κ3) is 7.41. The normalized spacial score (nSPS) is 13.6. The van der Waals surface area contributed by atoms with E-state index in [9.17, 15) is 5.11 Å². The summed E-state index contributed by atoms with van der Waals surface area (Å²) in [6.45, 7) is 9.74. The first-order valence-corrected chi connectivity index (χ1v) is 11.2. The van der Waals surface area contributed by atoms with Gasteiger partial charge in [-0.3, -0.25) is 0 Å². The van der Waals surface area contributed by atoms with E-state index < -0.39 is 5.60 Å². The number of unbranched alkanes of at least 4 members (excludes halogenated alkanes) is 4. The first-order chi connectivity index (χ1) is 13.6. The lowest BCUT2D eigenvalue weighted by Crippen LogP contribution is -2.33. The molecule has 0 aliphatic carbocycles. The maximum absolute atomic E-state index is 11.1. The molecule has 0 aliphatic heterocycles. The van der Waals surface area contributed by atoms with Crippen LogP contribution < -0.4 is 0 Å². The van der Waals surface area contributed by atoms with Crippen molar-refractivity contribution in [3.05, 3.63) is 60.2 Å². The Bertz CT molecular complexity index is 638. The lowest BCUT2D eigenvalue weighted by molar-refractivity contribution is 0.0354. The summed E-state index contributed by atoms with van der Waals surface area (Å²) in [6, 6.07) is 18.8. The molecule has 2 aromatic rings. The molecule has 0 saturated heterocycles. The monoisotopic (exact) mass is 381 g/mol. The van der Waals surface area contributed by atoms with Gasteiger partial charge in [-0.2, -0.15) is 0 Å². The molecule has 0 radical (unpaired) electrons. The molecule has 0 aromatic heterocycles. The lowest BCUT2D eigenvalue weighted by atomic mass is 9.90. The molecule has 2 rings (SSSR count). The van der Waals surface area contributed by atoms with Gasteiger partial charge in [0, 0.05) is 6.54 Å². The minimum Gasteiger partial charge on any atom is -0.385 e. The number of nitrogens with zero attached hydrogens (tertiary/aromatic N) is 1. The molecule has 0 bridgehead atoms. The first kappa shape index (κ1) is 22.6. The van der Waals surface area contributed by atoms with E-state index in [0.717, 1.165) is 31.6 Å². The predicted octanol–water partition coefficient (Wildman–Crippen LogP) is 6.63. The van der Waals surface area contributed by atoms with Gasteiger partial charge in [0.25, 0.3) is 0 Å². The standard InChI is InChI=1S/C26H39NO/c1-4-6-11-20-27(21-12-7-5-2)22-19-26(3,28)25-17-15-24(16-18-25)23-13-9-8-10-14-23/h8-10,13-18,28H,4-7,11-12,19-22H2,1-3H3. The van der Waals surface area contributed by atoms with Crippen molar-refractivity contribution in [3.8, 4) is 11.1 Å².